The minimum absolute atomic E-state index is 0.252. The number of halogens is 1. The van der Waals surface area contributed by atoms with Crippen molar-refractivity contribution in [1.29, 1.82) is 0 Å². The zero-order valence-corrected chi connectivity index (χ0v) is 14.8. The van der Waals surface area contributed by atoms with Crippen molar-refractivity contribution in [2.45, 2.75) is 19.0 Å². The van der Waals surface area contributed by atoms with Crippen molar-refractivity contribution in [3.8, 4) is 0 Å². The van der Waals surface area contributed by atoms with Crippen molar-refractivity contribution in [1.82, 2.24) is 9.21 Å². The van der Waals surface area contributed by atoms with Gasteiger partial charge in [-0.3, -0.25) is 9.69 Å². The van der Waals surface area contributed by atoms with Gasteiger partial charge in [-0.15, -0.1) is 0 Å². The zero-order chi connectivity index (χ0) is 16.5. The Labute approximate surface area is 138 Å². The number of aliphatic carboxylic acids is 1. The van der Waals surface area contributed by atoms with Crippen LogP contribution in [0.4, 0.5) is 0 Å². The molecule has 1 saturated heterocycles. The average molecular weight is 391 g/mol. The topological polar surface area (TPSA) is 77.9 Å². The molecule has 8 heteroatoms. The number of sulfonamides is 1. The highest BCUT2D eigenvalue weighted by molar-refractivity contribution is 9.10. The fourth-order valence-electron chi connectivity index (χ4n) is 2.88. The summed E-state index contributed by atoms with van der Waals surface area (Å²) in [7, 11) is -3.26. The fourth-order valence-corrected chi connectivity index (χ4v) is 4.43. The first kappa shape index (κ1) is 17.4. The minimum Gasteiger partial charge on any atom is -0.480 e. The summed E-state index contributed by atoms with van der Waals surface area (Å²) < 4.78 is 25.7. The molecule has 1 heterocycles. The van der Waals surface area contributed by atoms with Gasteiger partial charge < -0.3 is 5.11 Å². The number of piperazine rings is 1. The van der Waals surface area contributed by atoms with Gasteiger partial charge in [-0.25, -0.2) is 8.42 Å². The first-order chi connectivity index (χ1) is 10.2. The summed E-state index contributed by atoms with van der Waals surface area (Å²) in [5.74, 6) is -0.932. The number of benzene rings is 1. The van der Waals surface area contributed by atoms with Crippen LogP contribution in [0.3, 0.4) is 0 Å². The highest BCUT2D eigenvalue weighted by Crippen LogP contribution is 2.27. The predicted octanol–water partition coefficient (Wildman–Crippen LogP) is 1.54. The zero-order valence-electron chi connectivity index (χ0n) is 12.4. The van der Waals surface area contributed by atoms with Crippen LogP contribution in [0.1, 0.15) is 18.5 Å². The standard InChI is InChI=1S/C14H19BrN2O4S/c1-10-9-16(6-7-17(10)22(2,20)21)13(14(18)19)11-4-3-5-12(15)8-11/h3-5,8,10,13H,6-7,9H2,1-2H3,(H,18,19)/t10-,13?/m1/s1. The average Bonchev–Trinajstić information content (AvgIpc) is 2.37. The van der Waals surface area contributed by atoms with E-state index in [9.17, 15) is 18.3 Å². The van der Waals surface area contributed by atoms with E-state index in [4.69, 9.17) is 0 Å². The van der Waals surface area contributed by atoms with Crippen LogP contribution in [0, 0.1) is 0 Å². The smallest absolute Gasteiger partial charge is 0.325 e. The predicted molar refractivity (Wildman–Crippen MR) is 87.1 cm³/mol. The van der Waals surface area contributed by atoms with Crippen LogP contribution < -0.4 is 0 Å². The van der Waals surface area contributed by atoms with Gasteiger partial charge in [-0.05, 0) is 24.6 Å². The molecule has 1 aromatic rings. The Balaban J connectivity index is 2.24. The van der Waals surface area contributed by atoms with Crippen molar-refractivity contribution >= 4 is 31.9 Å². The molecule has 1 aromatic carbocycles. The van der Waals surface area contributed by atoms with Crippen LogP contribution in [-0.2, 0) is 14.8 Å². The second kappa shape index (κ2) is 6.66. The lowest BCUT2D eigenvalue weighted by Gasteiger charge is -2.40. The number of hydrogen-bond acceptors (Lipinski definition) is 4. The maximum absolute atomic E-state index is 11.7. The van der Waals surface area contributed by atoms with E-state index >= 15 is 0 Å². The van der Waals surface area contributed by atoms with Crippen molar-refractivity contribution in [3.63, 3.8) is 0 Å². The van der Waals surface area contributed by atoms with Crippen LogP contribution in [0.15, 0.2) is 28.7 Å². The van der Waals surface area contributed by atoms with Gasteiger partial charge in [0.05, 0.1) is 6.26 Å². The van der Waals surface area contributed by atoms with E-state index in [1.165, 1.54) is 10.6 Å². The quantitative estimate of drug-likeness (QED) is 0.843. The molecule has 0 amide bonds. The molecule has 0 bridgehead atoms. The first-order valence-corrected chi connectivity index (χ1v) is 9.53. The molecule has 1 fully saturated rings. The summed E-state index contributed by atoms with van der Waals surface area (Å²) in [5.41, 5.74) is 0.682. The third kappa shape index (κ3) is 3.87. The van der Waals surface area contributed by atoms with Gasteiger partial charge in [-0.1, -0.05) is 28.1 Å². The molecular weight excluding hydrogens is 372 g/mol. The lowest BCUT2D eigenvalue weighted by Crippen LogP contribution is -2.55. The molecule has 6 nitrogen and oxygen atoms in total. The van der Waals surface area contributed by atoms with Crippen molar-refractivity contribution in [2.75, 3.05) is 25.9 Å². The molecule has 2 atom stereocenters. The summed E-state index contributed by atoms with van der Waals surface area (Å²) in [5, 5.41) is 9.59. The van der Waals surface area contributed by atoms with Gasteiger partial charge >= 0.3 is 5.97 Å². The van der Waals surface area contributed by atoms with Crippen LogP contribution >= 0.6 is 15.9 Å². The Morgan fingerprint density at radius 2 is 2.09 bits per heavy atom. The maximum Gasteiger partial charge on any atom is 0.325 e. The first-order valence-electron chi connectivity index (χ1n) is 6.89. The van der Waals surface area contributed by atoms with E-state index < -0.39 is 22.0 Å². The summed E-state index contributed by atoms with van der Waals surface area (Å²) in [6.45, 7) is 2.88. The molecule has 122 valence electrons. The van der Waals surface area contributed by atoms with Gasteiger partial charge in [0.1, 0.15) is 6.04 Å². The Hall–Kier alpha value is -0.960. The maximum atomic E-state index is 11.7. The Bertz CT molecular complexity index is 665. The molecule has 0 radical (unpaired) electrons. The lowest BCUT2D eigenvalue weighted by atomic mass is 10.0. The van der Waals surface area contributed by atoms with Gasteiger partial charge in [0, 0.05) is 30.1 Å². The molecule has 1 aliphatic heterocycles. The lowest BCUT2D eigenvalue weighted by molar-refractivity contribution is -0.144. The number of carboxylic acids is 1. The van der Waals surface area contributed by atoms with Gasteiger partial charge in [-0.2, -0.15) is 4.31 Å². The molecule has 22 heavy (non-hydrogen) atoms. The number of rotatable bonds is 4. The highest BCUT2D eigenvalue weighted by Gasteiger charge is 2.36. The highest BCUT2D eigenvalue weighted by atomic mass is 79.9. The molecule has 1 N–H and O–H groups in total. The van der Waals surface area contributed by atoms with E-state index in [2.05, 4.69) is 15.9 Å². The number of carbonyl (C=O) groups is 1. The van der Waals surface area contributed by atoms with E-state index in [0.717, 1.165) is 4.47 Å². The summed E-state index contributed by atoms with van der Waals surface area (Å²) in [6.07, 6.45) is 1.18. The van der Waals surface area contributed by atoms with Crippen LogP contribution in [0.5, 0.6) is 0 Å². The molecule has 0 aromatic heterocycles. The fraction of sp³-hybridized carbons (Fsp3) is 0.500. The van der Waals surface area contributed by atoms with Crippen LogP contribution in [0.25, 0.3) is 0 Å². The van der Waals surface area contributed by atoms with Crippen LogP contribution in [0.2, 0.25) is 0 Å². The van der Waals surface area contributed by atoms with Crippen molar-refractivity contribution < 1.29 is 18.3 Å². The van der Waals surface area contributed by atoms with Crippen molar-refractivity contribution in [3.05, 3.63) is 34.3 Å². The molecule has 0 spiro atoms. The number of nitrogens with zero attached hydrogens (tertiary/aromatic N) is 2. The largest absolute Gasteiger partial charge is 0.480 e. The summed E-state index contributed by atoms with van der Waals surface area (Å²) >= 11 is 3.35. The second-order valence-electron chi connectivity index (χ2n) is 5.51. The monoisotopic (exact) mass is 390 g/mol. The van der Waals surface area contributed by atoms with Gasteiger partial charge in [0.2, 0.25) is 10.0 Å². The molecule has 1 aliphatic rings. The summed E-state index contributed by atoms with van der Waals surface area (Å²) in [4.78, 5) is 13.5. The van der Waals surface area contributed by atoms with Gasteiger partial charge in [0.15, 0.2) is 0 Å². The molecular formula is C14H19BrN2O4S. The SMILES string of the molecule is C[C@@H]1CN(C(C(=O)O)c2cccc(Br)c2)CCN1S(C)(=O)=O. The minimum atomic E-state index is -3.26. The molecule has 1 unspecified atom stereocenters. The number of hydrogen-bond donors (Lipinski definition) is 1. The Morgan fingerprint density at radius 3 is 2.59 bits per heavy atom. The van der Waals surface area contributed by atoms with Crippen molar-refractivity contribution in [2.24, 2.45) is 0 Å². The van der Waals surface area contributed by atoms with E-state index in [1.807, 2.05) is 11.0 Å². The normalized spacial score (nSPS) is 22.4. The third-order valence-corrected chi connectivity index (χ3v) is 5.68. The molecule has 0 aliphatic carbocycles. The summed E-state index contributed by atoms with van der Waals surface area (Å²) in [6, 6.07) is 6.17. The Kier molecular flexibility index (Phi) is 5.26. The third-order valence-electron chi connectivity index (χ3n) is 3.79. The van der Waals surface area contributed by atoms with E-state index in [0.29, 0.717) is 25.2 Å². The molecule has 2 rings (SSSR count). The number of carboxylic acid groups (broad SMARTS) is 1. The van der Waals surface area contributed by atoms with Crippen LogP contribution in [-0.4, -0.2) is 60.6 Å². The van der Waals surface area contributed by atoms with Gasteiger partial charge in [0.25, 0.3) is 0 Å². The molecule has 0 saturated carbocycles. The second-order valence-corrected chi connectivity index (χ2v) is 8.36. The van der Waals surface area contributed by atoms with E-state index in [1.54, 1.807) is 25.1 Å². The van der Waals surface area contributed by atoms with E-state index in [-0.39, 0.29) is 6.04 Å². The Morgan fingerprint density at radius 1 is 1.41 bits per heavy atom.